The number of hydrogen-bond donors (Lipinski definition) is 1. The summed E-state index contributed by atoms with van der Waals surface area (Å²) in [6.45, 7) is 11.4. The Labute approximate surface area is 174 Å². The number of likely N-dealkylation sites (tertiary alicyclic amines) is 1. The largest absolute Gasteiger partial charge is 0.444 e. The second-order valence-corrected chi connectivity index (χ2v) is 9.02. The highest BCUT2D eigenvalue weighted by Gasteiger charge is 2.29. The molecule has 2 heterocycles. The third kappa shape index (κ3) is 6.63. The Morgan fingerprint density at radius 3 is 2.38 bits per heavy atom. The van der Waals surface area contributed by atoms with Crippen LogP contribution in [0.5, 0.6) is 0 Å². The molecule has 3 amide bonds. The molecule has 29 heavy (non-hydrogen) atoms. The highest BCUT2D eigenvalue weighted by atomic mass is 16.6. The van der Waals surface area contributed by atoms with Gasteiger partial charge in [0, 0.05) is 51.5 Å². The van der Waals surface area contributed by atoms with Crippen LogP contribution in [0.25, 0.3) is 0 Å². The van der Waals surface area contributed by atoms with Crippen LogP contribution in [0.2, 0.25) is 0 Å². The van der Waals surface area contributed by atoms with Crippen LogP contribution in [-0.2, 0) is 4.74 Å². The molecule has 1 aromatic rings. The summed E-state index contributed by atoms with van der Waals surface area (Å²) in [5, 5.41) is 2.96. The second kappa shape index (κ2) is 9.48. The van der Waals surface area contributed by atoms with E-state index < -0.39 is 5.60 Å². The summed E-state index contributed by atoms with van der Waals surface area (Å²) >= 11 is 0. The fourth-order valence-corrected chi connectivity index (χ4v) is 3.93. The minimum absolute atomic E-state index is 0.0374. The minimum atomic E-state index is -0.458. The normalized spacial score (nSPS) is 21.0. The Balaban J connectivity index is 1.42. The summed E-state index contributed by atoms with van der Waals surface area (Å²) in [4.78, 5) is 30.9. The van der Waals surface area contributed by atoms with Crippen molar-refractivity contribution in [1.29, 1.82) is 0 Å². The third-order valence-corrected chi connectivity index (χ3v) is 5.37. The molecule has 0 spiro atoms. The van der Waals surface area contributed by atoms with E-state index in [-0.39, 0.29) is 12.1 Å². The lowest BCUT2D eigenvalue weighted by Crippen LogP contribution is -2.52. The van der Waals surface area contributed by atoms with Gasteiger partial charge in [0.25, 0.3) is 0 Å². The van der Waals surface area contributed by atoms with Gasteiger partial charge in [-0.2, -0.15) is 0 Å². The van der Waals surface area contributed by atoms with E-state index in [1.54, 1.807) is 0 Å². The molecule has 0 aromatic heterocycles. The van der Waals surface area contributed by atoms with Gasteiger partial charge in [-0.1, -0.05) is 18.2 Å². The molecule has 1 atom stereocenters. The summed E-state index contributed by atoms with van der Waals surface area (Å²) in [7, 11) is 0. The number of nitrogens with one attached hydrogen (secondary N) is 1. The number of hydrogen-bond acceptors (Lipinski definition) is 4. The molecule has 0 bridgehead atoms. The lowest BCUT2D eigenvalue weighted by Gasteiger charge is -2.39. The molecule has 2 aliphatic rings. The van der Waals surface area contributed by atoms with Crippen molar-refractivity contribution in [2.24, 2.45) is 5.92 Å². The number of anilines is 1. The number of amides is 3. The topological polar surface area (TPSA) is 65.1 Å². The van der Waals surface area contributed by atoms with Crippen LogP contribution in [0.3, 0.4) is 0 Å². The molecule has 3 rings (SSSR count). The van der Waals surface area contributed by atoms with Crippen molar-refractivity contribution in [2.75, 3.05) is 51.1 Å². The molecular weight excluding hydrogens is 368 g/mol. The van der Waals surface area contributed by atoms with Crippen LogP contribution >= 0.6 is 0 Å². The standard InChI is InChI=1S/C22H34N4O3/c1-22(2,3)29-21(28)26-11-7-8-18(17-26)16-24-12-14-25(15-13-24)20(27)23-19-9-5-4-6-10-19/h4-6,9-10,18H,7-8,11-17H2,1-3H3,(H,23,27)/t18-/m0/s1. The fraction of sp³-hybridized carbons (Fsp3) is 0.636. The predicted molar refractivity (Wildman–Crippen MR) is 114 cm³/mol. The molecular formula is C22H34N4O3. The summed E-state index contributed by atoms with van der Waals surface area (Å²) in [6.07, 6.45) is 1.95. The van der Waals surface area contributed by atoms with Gasteiger partial charge < -0.3 is 19.9 Å². The Hall–Kier alpha value is -2.28. The molecule has 0 radical (unpaired) electrons. The molecule has 7 heteroatoms. The van der Waals surface area contributed by atoms with Crippen molar-refractivity contribution in [3.63, 3.8) is 0 Å². The summed E-state index contributed by atoms with van der Waals surface area (Å²) in [6, 6.07) is 9.52. The van der Waals surface area contributed by atoms with E-state index in [2.05, 4.69) is 10.2 Å². The van der Waals surface area contributed by atoms with Crippen molar-refractivity contribution < 1.29 is 14.3 Å². The molecule has 2 saturated heterocycles. The van der Waals surface area contributed by atoms with E-state index >= 15 is 0 Å². The van der Waals surface area contributed by atoms with Gasteiger partial charge in [-0.05, 0) is 51.7 Å². The van der Waals surface area contributed by atoms with E-state index in [1.165, 1.54) is 0 Å². The van der Waals surface area contributed by atoms with Crippen LogP contribution in [0.4, 0.5) is 15.3 Å². The molecule has 7 nitrogen and oxygen atoms in total. The first kappa shape index (κ1) is 21.4. The number of piperidine rings is 1. The summed E-state index contributed by atoms with van der Waals surface area (Å²) in [5.74, 6) is 0.459. The molecule has 2 fully saturated rings. The van der Waals surface area contributed by atoms with E-state index in [1.807, 2.05) is 60.9 Å². The summed E-state index contributed by atoms with van der Waals surface area (Å²) < 4.78 is 5.53. The van der Waals surface area contributed by atoms with Gasteiger partial charge in [-0.25, -0.2) is 9.59 Å². The highest BCUT2D eigenvalue weighted by molar-refractivity contribution is 5.89. The Morgan fingerprint density at radius 1 is 1.03 bits per heavy atom. The zero-order valence-corrected chi connectivity index (χ0v) is 17.9. The average Bonchev–Trinajstić information content (AvgIpc) is 2.68. The predicted octanol–water partition coefficient (Wildman–Crippen LogP) is 3.48. The number of carbonyl (C=O) groups is 2. The monoisotopic (exact) mass is 402 g/mol. The SMILES string of the molecule is CC(C)(C)OC(=O)N1CCC[C@@H](CN2CCN(C(=O)Nc3ccccc3)CC2)C1. The van der Waals surface area contributed by atoms with Crippen LogP contribution < -0.4 is 5.32 Å². The molecule has 1 N–H and O–H groups in total. The number of benzene rings is 1. The third-order valence-electron chi connectivity index (χ3n) is 5.37. The number of ether oxygens (including phenoxy) is 1. The minimum Gasteiger partial charge on any atom is -0.444 e. The number of para-hydroxylation sites is 1. The Morgan fingerprint density at radius 2 is 1.72 bits per heavy atom. The lowest BCUT2D eigenvalue weighted by molar-refractivity contribution is 0.0134. The maximum atomic E-state index is 12.4. The van der Waals surface area contributed by atoms with Gasteiger partial charge >= 0.3 is 12.1 Å². The zero-order valence-electron chi connectivity index (χ0n) is 17.9. The maximum Gasteiger partial charge on any atom is 0.410 e. The van der Waals surface area contributed by atoms with Crippen molar-refractivity contribution in [1.82, 2.24) is 14.7 Å². The van der Waals surface area contributed by atoms with Crippen LogP contribution in [0.15, 0.2) is 30.3 Å². The van der Waals surface area contributed by atoms with E-state index in [9.17, 15) is 9.59 Å². The van der Waals surface area contributed by atoms with Crippen molar-refractivity contribution in [3.8, 4) is 0 Å². The van der Waals surface area contributed by atoms with Gasteiger partial charge in [-0.3, -0.25) is 4.90 Å². The van der Waals surface area contributed by atoms with Crippen molar-refractivity contribution >= 4 is 17.8 Å². The van der Waals surface area contributed by atoms with Crippen LogP contribution in [-0.4, -0.2) is 78.2 Å². The fourth-order valence-electron chi connectivity index (χ4n) is 3.93. The number of nitrogens with zero attached hydrogens (tertiary/aromatic N) is 3. The van der Waals surface area contributed by atoms with E-state index in [4.69, 9.17) is 4.74 Å². The first-order chi connectivity index (χ1) is 13.8. The van der Waals surface area contributed by atoms with E-state index in [0.717, 1.165) is 64.3 Å². The highest BCUT2D eigenvalue weighted by Crippen LogP contribution is 2.21. The molecule has 0 saturated carbocycles. The number of urea groups is 1. The smallest absolute Gasteiger partial charge is 0.410 e. The number of rotatable bonds is 3. The summed E-state index contributed by atoms with van der Waals surface area (Å²) in [5.41, 5.74) is 0.366. The van der Waals surface area contributed by atoms with Crippen LogP contribution in [0.1, 0.15) is 33.6 Å². The van der Waals surface area contributed by atoms with E-state index in [0.29, 0.717) is 5.92 Å². The lowest BCUT2D eigenvalue weighted by atomic mass is 9.97. The van der Waals surface area contributed by atoms with Gasteiger partial charge in [0.15, 0.2) is 0 Å². The molecule has 0 unspecified atom stereocenters. The average molecular weight is 403 g/mol. The Bertz CT molecular complexity index is 681. The second-order valence-electron chi connectivity index (χ2n) is 9.02. The number of carbonyl (C=O) groups excluding carboxylic acids is 2. The number of piperazine rings is 1. The maximum absolute atomic E-state index is 12.4. The molecule has 160 valence electrons. The molecule has 2 aliphatic heterocycles. The van der Waals surface area contributed by atoms with Crippen LogP contribution in [0, 0.1) is 5.92 Å². The zero-order chi connectivity index (χ0) is 20.9. The Kier molecular flexibility index (Phi) is 7.00. The quantitative estimate of drug-likeness (QED) is 0.841. The molecule has 0 aliphatic carbocycles. The van der Waals surface area contributed by atoms with Crippen molar-refractivity contribution in [2.45, 2.75) is 39.2 Å². The van der Waals surface area contributed by atoms with Gasteiger partial charge in [0.1, 0.15) is 5.60 Å². The molecule has 1 aromatic carbocycles. The van der Waals surface area contributed by atoms with Crippen molar-refractivity contribution in [3.05, 3.63) is 30.3 Å². The first-order valence-electron chi connectivity index (χ1n) is 10.6. The van der Waals surface area contributed by atoms with Gasteiger partial charge in [0.2, 0.25) is 0 Å². The first-order valence-corrected chi connectivity index (χ1v) is 10.6. The van der Waals surface area contributed by atoms with Gasteiger partial charge in [0.05, 0.1) is 0 Å². The van der Waals surface area contributed by atoms with Gasteiger partial charge in [-0.15, -0.1) is 0 Å².